The lowest BCUT2D eigenvalue weighted by Gasteiger charge is -2.16. The first kappa shape index (κ1) is 11.7. The summed E-state index contributed by atoms with van der Waals surface area (Å²) < 4.78 is 0. The van der Waals surface area contributed by atoms with Crippen LogP contribution in [0, 0.1) is 20.8 Å². The fourth-order valence-corrected chi connectivity index (χ4v) is 2.69. The second kappa shape index (κ2) is 4.21. The Morgan fingerprint density at radius 1 is 0.882 bits per heavy atom. The van der Waals surface area contributed by atoms with Crippen LogP contribution in [0.15, 0.2) is 31.4 Å². The van der Waals surface area contributed by atoms with Crippen LogP contribution >= 0.6 is 0 Å². The molecule has 0 saturated carbocycles. The number of rotatable bonds is 2. The molecule has 2 rings (SSSR count). The Labute approximate surface area is 103 Å². The summed E-state index contributed by atoms with van der Waals surface area (Å²) in [6.45, 7) is 14.3. The number of benzene rings is 2. The smallest absolute Gasteiger partial charge is 0.0116 e. The van der Waals surface area contributed by atoms with Gasteiger partial charge in [-0.25, -0.2) is 0 Å². The van der Waals surface area contributed by atoms with Gasteiger partial charge >= 0.3 is 0 Å². The van der Waals surface area contributed by atoms with Crippen molar-refractivity contribution in [1.82, 2.24) is 0 Å². The minimum atomic E-state index is 1.20. The van der Waals surface area contributed by atoms with Crippen LogP contribution < -0.4 is 0 Å². The zero-order valence-electron chi connectivity index (χ0n) is 10.8. The Kier molecular flexibility index (Phi) is 2.89. The van der Waals surface area contributed by atoms with Gasteiger partial charge in [-0.2, -0.15) is 0 Å². The van der Waals surface area contributed by atoms with Crippen LogP contribution in [0.2, 0.25) is 0 Å². The second-order valence-corrected chi connectivity index (χ2v) is 4.48. The molecule has 0 heteroatoms. The third-order valence-corrected chi connectivity index (χ3v) is 3.56. The van der Waals surface area contributed by atoms with Gasteiger partial charge < -0.3 is 0 Å². The lowest BCUT2D eigenvalue weighted by Crippen LogP contribution is -1.95. The van der Waals surface area contributed by atoms with Gasteiger partial charge in [0, 0.05) is 0 Å². The molecule has 0 fully saturated rings. The van der Waals surface area contributed by atoms with Crippen LogP contribution in [-0.2, 0) is 0 Å². The fraction of sp³-hybridized carbons (Fsp3) is 0.176. The highest BCUT2D eigenvalue weighted by molar-refractivity contribution is 5.97. The maximum atomic E-state index is 3.93. The van der Waals surface area contributed by atoms with Crippen molar-refractivity contribution in [2.75, 3.05) is 0 Å². The van der Waals surface area contributed by atoms with Crippen molar-refractivity contribution >= 4 is 22.9 Å². The van der Waals surface area contributed by atoms with Crippen LogP contribution in [0.1, 0.15) is 27.8 Å². The Morgan fingerprint density at radius 3 is 2.06 bits per heavy atom. The van der Waals surface area contributed by atoms with Crippen LogP contribution in [0.25, 0.3) is 22.9 Å². The maximum Gasteiger partial charge on any atom is -0.0116 e. The summed E-state index contributed by atoms with van der Waals surface area (Å²) in [7, 11) is 0. The molecule has 2 aromatic carbocycles. The number of fused-ring (bicyclic) bond motifs is 1. The molecule has 0 aliphatic heterocycles. The Balaban J connectivity index is 3.10. The van der Waals surface area contributed by atoms with E-state index in [0.717, 1.165) is 0 Å². The molecule has 17 heavy (non-hydrogen) atoms. The van der Waals surface area contributed by atoms with E-state index in [0.29, 0.717) is 0 Å². The zero-order valence-corrected chi connectivity index (χ0v) is 10.8. The first-order valence-electron chi connectivity index (χ1n) is 5.89. The average molecular weight is 222 g/mol. The van der Waals surface area contributed by atoms with E-state index in [2.05, 4.69) is 52.1 Å². The first-order chi connectivity index (χ1) is 8.11. The van der Waals surface area contributed by atoms with Gasteiger partial charge in [0.25, 0.3) is 0 Å². The van der Waals surface area contributed by atoms with Gasteiger partial charge in [-0.05, 0) is 59.4 Å². The van der Waals surface area contributed by atoms with Gasteiger partial charge in [-0.1, -0.05) is 43.5 Å². The number of aryl methyl sites for hydroxylation is 3. The average Bonchev–Trinajstić information content (AvgIpc) is 2.33. The van der Waals surface area contributed by atoms with Gasteiger partial charge in [0.15, 0.2) is 0 Å². The van der Waals surface area contributed by atoms with Crippen LogP contribution in [-0.4, -0.2) is 0 Å². The molecule has 2 aromatic rings. The maximum absolute atomic E-state index is 3.93. The summed E-state index contributed by atoms with van der Waals surface area (Å²) in [5.74, 6) is 0. The SMILES string of the molecule is C=Cc1c(C=C)c(C)c2c(C)cccc2c1C. The second-order valence-electron chi connectivity index (χ2n) is 4.48. The van der Waals surface area contributed by atoms with Crippen molar-refractivity contribution in [3.63, 3.8) is 0 Å². The fourth-order valence-electron chi connectivity index (χ4n) is 2.69. The van der Waals surface area contributed by atoms with E-state index in [4.69, 9.17) is 0 Å². The van der Waals surface area contributed by atoms with E-state index in [1.165, 1.54) is 38.6 Å². The van der Waals surface area contributed by atoms with Gasteiger partial charge in [-0.15, -0.1) is 0 Å². The predicted octanol–water partition coefficient (Wildman–Crippen LogP) is 5.05. The highest BCUT2D eigenvalue weighted by Crippen LogP contribution is 2.33. The predicted molar refractivity (Wildman–Crippen MR) is 78.3 cm³/mol. The lowest BCUT2D eigenvalue weighted by molar-refractivity contribution is 1.39. The summed E-state index contributed by atoms with van der Waals surface area (Å²) in [6.07, 6.45) is 3.87. The summed E-state index contributed by atoms with van der Waals surface area (Å²) in [5.41, 5.74) is 6.32. The van der Waals surface area contributed by atoms with E-state index in [1.54, 1.807) is 0 Å². The molecule has 0 saturated heterocycles. The van der Waals surface area contributed by atoms with Gasteiger partial charge in [-0.3, -0.25) is 0 Å². The van der Waals surface area contributed by atoms with Crippen molar-refractivity contribution in [2.24, 2.45) is 0 Å². The minimum absolute atomic E-state index is 1.20. The van der Waals surface area contributed by atoms with Crippen molar-refractivity contribution in [1.29, 1.82) is 0 Å². The van der Waals surface area contributed by atoms with E-state index < -0.39 is 0 Å². The molecule has 0 amide bonds. The van der Waals surface area contributed by atoms with E-state index in [1.807, 2.05) is 12.2 Å². The largest absolute Gasteiger partial charge is 0.0984 e. The van der Waals surface area contributed by atoms with Crippen LogP contribution in [0.5, 0.6) is 0 Å². The molecule has 0 unspecified atom stereocenters. The molecule has 0 N–H and O–H groups in total. The van der Waals surface area contributed by atoms with Crippen molar-refractivity contribution in [2.45, 2.75) is 20.8 Å². The standard InChI is InChI=1S/C17H18/c1-6-14-12(4)16-10-8-9-11(3)17(16)13(5)15(14)7-2/h6-10H,1-2H2,3-5H3. The van der Waals surface area contributed by atoms with Gasteiger partial charge in [0.1, 0.15) is 0 Å². The molecule has 0 atom stereocenters. The third kappa shape index (κ3) is 1.61. The van der Waals surface area contributed by atoms with Crippen LogP contribution in [0.4, 0.5) is 0 Å². The molecule has 0 bridgehead atoms. The molecule has 86 valence electrons. The monoisotopic (exact) mass is 222 g/mol. The normalized spacial score (nSPS) is 10.5. The number of hydrogen-bond acceptors (Lipinski definition) is 0. The topological polar surface area (TPSA) is 0 Å². The van der Waals surface area contributed by atoms with Gasteiger partial charge in [0.05, 0.1) is 0 Å². The quantitative estimate of drug-likeness (QED) is 0.667. The van der Waals surface area contributed by atoms with E-state index >= 15 is 0 Å². The number of hydrogen-bond donors (Lipinski definition) is 0. The van der Waals surface area contributed by atoms with Crippen molar-refractivity contribution in [3.8, 4) is 0 Å². The summed E-state index contributed by atoms with van der Waals surface area (Å²) in [6, 6.07) is 6.46. The Morgan fingerprint density at radius 2 is 1.47 bits per heavy atom. The molecule has 0 aliphatic carbocycles. The first-order valence-corrected chi connectivity index (χ1v) is 5.89. The van der Waals surface area contributed by atoms with Gasteiger partial charge in [0.2, 0.25) is 0 Å². The highest BCUT2D eigenvalue weighted by atomic mass is 14.2. The molecule has 0 nitrogen and oxygen atoms in total. The minimum Gasteiger partial charge on any atom is -0.0984 e. The van der Waals surface area contributed by atoms with Crippen molar-refractivity contribution < 1.29 is 0 Å². The molecule has 0 spiro atoms. The Bertz CT molecular complexity index is 616. The van der Waals surface area contributed by atoms with E-state index in [9.17, 15) is 0 Å². The molecular formula is C17H18. The lowest BCUT2D eigenvalue weighted by atomic mass is 9.88. The highest BCUT2D eigenvalue weighted by Gasteiger charge is 2.11. The molecule has 0 heterocycles. The zero-order chi connectivity index (χ0) is 12.6. The summed E-state index contributed by atoms with van der Waals surface area (Å²) in [4.78, 5) is 0. The third-order valence-electron chi connectivity index (χ3n) is 3.56. The summed E-state index contributed by atoms with van der Waals surface area (Å²) >= 11 is 0. The van der Waals surface area contributed by atoms with Crippen molar-refractivity contribution in [3.05, 3.63) is 59.2 Å². The van der Waals surface area contributed by atoms with Crippen LogP contribution in [0.3, 0.4) is 0 Å². The molecular weight excluding hydrogens is 204 g/mol. The molecule has 0 radical (unpaired) electrons. The molecule has 0 aromatic heterocycles. The molecule has 0 aliphatic rings. The van der Waals surface area contributed by atoms with E-state index in [-0.39, 0.29) is 0 Å². The Hall–Kier alpha value is -1.82. The summed E-state index contributed by atoms with van der Waals surface area (Å²) in [5, 5.41) is 2.67.